The van der Waals surface area contributed by atoms with Crippen molar-refractivity contribution in [1.29, 1.82) is 0 Å². The Morgan fingerprint density at radius 3 is 2.19 bits per heavy atom. The van der Waals surface area contributed by atoms with Crippen molar-refractivity contribution in [2.24, 2.45) is 4.99 Å². The Morgan fingerprint density at radius 1 is 0.815 bits per heavy atom. The van der Waals surface area contributed by atoms with Crippen LogP contribution in [0.25, 0.3) is 0 Å². The summed E-state index contributed by atoms with van der Waals surface area (Å²) >= 11 is 18.1. The van der Waals surface area contributed by atoms with Gasteiger partial charge in [-0.25, -0.2) is 0 Å². The lowest BCUT2D eigenvalue weighted by Crippen LogP contribution is -2.07. The van der Waals surface area contributed by atoms with Crippen LogP contribution in [-0.4, -0.2) is 15.9 Å². The van der Waals surface area contributed by atoms with Gasteiger partial charge in [-0.2, -0.15) is 0 Å². The van der Waals surface area contributed by atoms with Gasteiger partial charge in [-0.1, -0.05) is 53.0 Å². The molecule has 0 heterocycles. The van der Waals surface area contributed by atoms with Crippen molar-refractivity contribution in [1.82, 2.24) is 0 Å². The Morgan fingerprint density at radius 2 is 1.52 bits per heavy atom. The van der Waals surface area contributed by atoms with Crippen molar-refractivity contribution in [3.05, 3.63) is 92.4 Å². The monoisotopic (exact) mass is 419 g/mol. The maximum Gasteiger partial charge on any atom is 0.128 e. The summed E-state index contributed by atoms with van der Waals surface area (Å²) in [7, 11) is 0. The highest BCUT2D eigenvalue weighted by atomic mass is 35.5. The smallest absolute Gasteiger partial charge is 0.128 e. The first-order valence-electron chi connectivity index (χ1n) is 8.16. The quantitative estimate of drug-likeness (QED) is 0.477. The van der Waals surface area contributed by atoms with Crippen molar-refractivity contribution in [2.75, 3.05) is 0 Å². The first-order valence-corrected chi connectivity index (χ1v) is 9.30. The lowest BCUT2D eigenvalue weighted by molar-refractivity contribution is 0.450. The van der Waals surface area contributed by atoms with Crippen molar-refractivity contribution < 1.29 is 10.2 Å². The van der Waals surface area contributed by atoms with Gasteiger partial charge in [0.15, 0.2) is 0 Å². The minimum Gasteiger partial charge on any atom is -0.508 e. The van der Waals surface area contributed by atoms with E-state index in [2.05, 4.69) is 4.99 Å². The normalized spacial score (nSPS) is 11.6. The number of halogens is 3. The van der Waals surface area contributed by atoms with Crippen molar-refractivity contribution >= 4 is 40.5 Å². The third kappa shape index (κ3) is 5.16. The van der Waals surface area contributed by atoms with Crippen molar-refractivity contribution in [3.63, 3.8) is 0 Å². The van der Waals surface area contributed by atoms with Crippen LogP contribution in [0.5, 0.6) is 11.5 Å². The molecule has 0 saturated heterocycles. The number of phenolic OH excluding ortho intramolecular Hbond substituents is 2. The van der Waals surface area contributed by atoms with Crippen LogP contribution in [-0.2, 0) is 13.0 Å². The summed E-state index contributed by atoms with van der Waals surface area (Å²) in [6.07, 6.45) is 0.487. The zero-order valence-corrected chi connectivity index (χ0v) is 16.4. The van der Waals surface area contributed by atoms with E-state index >= 15 is 0 Å². The fraction of sp³-hybridized carbons (Fsp3) is 0.0952. The van der Waals surface area contributed by atoms with Gasteiger partial charge in [0.1, 0.15) is 11.5 Å². The van der Waals surface area contributed by atoms with E-state index in [1.54, 1.807) is 30.3 Å². The van der Waals surface area contributed by atoms with Crippen LogP contribution < -0.4 is 0 Å². The largest absolute Gasteiger partial charge is 0.508 e. The molecular formula is C21H16Cl3NO2. The molecule has 0 fully saturated rings. The van der Waals surface area contributed by atoms with Gasteiger partial charge in [-0.3, -0.25) is 4.99 Å². The second-order valence-corrected chi connectivity index (χ2v) is 7.28. The summed E-state index contributed by atoms with van der Waals surface area (Å²) in [4.78, 5) is 4.68. The van der Waals surface area contributed by atoms with E-state index in [4.69, 9.17) is 34.8 Å². The Hall–Kier alpha value is -2.20. The molecule has 3 nitrogen and oxygen atoms in total. The summed E-state index contributed by atoms with van der Waals surface area (Å²) in [5, 5.41) is 21.6. The third-order valence-electron chi connectivity index (χ3n) is 4.03. The molecule has 0 amide bonds. The Balaban J connectivity index is 1.96. The number of aromatic hydroxyl groups is 2. The second kappa shape index (κ2) is 8.66. The molecule has 0 radical (unpaired) electrons. The van der Waals surface area contributed by atoms with Gasteiger partial charge in [0.05, 0.1) is 12.3 Å². The van der Waals surface area contributed by atoms with Crippen LogP contribution in [0.2, 0.25) is 15.1 Å². The van der Waals surface area contributed by atoms with E-state index in [0.29, 0.717) is 39.3 Å². The number of nitrogens with zero attached hydrogens (tertiary/aromatic N) is 1. The predicted octanol–water partition coefficient (Wildman–Crippen LogP) is 6.29. The minimum absolute atomic E-state index is 0.0113. The number of rotatable bonds is 5. The number of phenols is 2. The lowest BCUT2D eigenvalue weighted by Gasteiger charge is -2.11. The molecule has 138 valence electrons. The Labute approximate surface area is 172 Å². The van der Waals surface area contributed by atoms with E-state index < -0.39 is 0 Å². The molecular weight excluding hydrogens is 405 g/mol. The van der Waals surface area contributed by atoms with Crippen molar-refractivity contribution in [3.8, 4) is 11.5 Å². The zero-order valence-electron chi connectivity index (χ0n) is 14.2. The number of hydrogen-bond acceptors (Lipinski definition) is 3. The topological polar surface area (TPSA) is 52.8 Å². The maximum atomic E-state index is 10.3. The first kappa shape index (κ1) is 19.6. The molecule has 0 unspecified atom stereocenters. The van der Waals surface area contributed by atoms with Crippen LogP contribution in [0.1, 0.15) is 16.7 Å². The number of benzene rings is 3. The first-order chi connectivity index (χ1) is 12.9. The second-order valence-electron chi connectivity index (χ2n) is 6.00. The average molecular weight is 421 g/mol. The van der Waals surface area contributed by atoms with E-state index in [1.165, 1.54) is 12.1 Å². The molecule has 0 aliphatic carbocycles. The Bertz CT molecular complexity index is 985. The zero-order chi connectivity index (χ0) is 19.4. The van der Waals surface area contributed by atoms with Crippen molar-refractivity contribution in [2.45, 2.75) is 13.0 Å². The van der Waals surface area contributed by atoms with Gasteiger partial charge in [0.2, 0.25) is 0 Å². The third-order valence-corrected chi connectivity index (χ3v) is 4.87. The molecule has 0 spiro atoms. The predicted molar refractivity (Wildman–Crippen MR) is 112 cm³/mol. The highest BCUT2D eigenvalue weighted by molar-refractivity contribution is 6.35. The summed E-state index contributed by atoms with van der Waals surface area (Å²) in [5.74, 6) is -0.0484. The molecule has 0 aromatic heterocycles. The van der Waals surface area contributed by atoms with Gasteiger partial charge in [-0.15, -0.1) is 0 Å². The van der Waals surface area contributed by atoms with Crippen LogP contribution in [0.3, 0.4) is 0 Å². The van der Waals surface area contributed by atoms with E-state index in [1.807, 2.05) is 18.2 Å². The van der Waals surface area contributed by atoms with Crippen LogP contribution in [0, 0.1) is 0 Å². The Kier molecular flexibility index (Phi) is 6.27. The fourth-order valence-electron chi connectivity index (χ4n) is 2.63. The SMILES string of the molecule is Oc1ccc(C(Cc2ccc(Cl)cc2)=NCc2ccc(Cl)cc2Cl)c(O)c1. The molecule has 0 saturated carbocycles. The maximum absolute atomic E-state index is 10.3. The van der Waals surface area contributed by atoms with Gasteiger partial charge in [0, 0.05) is 33.1 Å². The number of aliphatic imine (C=N–C) groups is 1. The van der Waals surface area contributed by atoms with Gasteiger partial charge >= 0.3 is 0 Å². The van der Waals surface area contributed by atoms with E-state index in [0.717, 1.165) is 11.1 Å². The highest BCUT2D eigenvalue weighted by Crippen LogP contribution is 2.26. The van der Waals surface area contributed by atoms with E-state index in [9.17, 15) is 10.2 Å². The molecule has 0 aliphatic rings. The van der Waals surface area contributed by atoms with Gasteiger partial charge in [0.25, 0.3) is 0 Å². The minimum atomic E-state index is -0.0371. The molecule has 0 bridgehead atoms. The van der Waals surface area contributed by atoms with Crippen LogP contribution in [0.15, 0.2) is 65.7 Å². The van der Waals surface area contributed by atoms with Gasteiger partial charge in [-0.05, 0) is 47.5 Å². The summed E-state index contributed by atoms with van der Waals surface area (Å²) in [6, 6.07) is 17.1. The van der Waals surface area contributed by atoms with Crippen LogP contribution >= 0.6 is 34.8 Å². The molecule has 3 aromatic carbocycles. The summed E-state index contributed by atoms with van der Waals surface area (Å²) in [6.45, 7) is 0.333. The molecule has 6 heteroatoms. The van der Waals surface area contributed by atoms with Gasteiger partial charge < -0.3 is 10.2 Å². The fourth-order valence-corrected chi connectivity index (χ4v) is 3.22. The average Bonchev–Trinajstić information content (AvgIpc) is 2.62. The van der Waals surface area contributed by atoms with Crippen LogP contribution in [0.4, 0.5) is 0 Å². The highest BCUT2D eigenvalue weighted by Gasteiger charge is 2.12. The molecule has 27 heavy (non-hydrogen) atoms. The molecule has 3 aromatic rings. The van der Waals surface area contributed by atoms with E-state index in [-0.39, 0.29) is 11.5 Å². The number of hydrogen-bond donors (Lipinski definition) is 2. The molecule has 0 atom stereocenters. The molecule has 3 rings (SSSR count). The summed E-state index contributed by atoms with van der Waals surface area (Å²) in [5.41, 5.74) is 3.04. The molecule has 0 aliphatic heterocycles. The summed E-state index contributed by atoms with van der Waals surface area (Å²) < 4.78 is 0. The lowest BCUT2D eigenvalue weighted by atomic mass is 10.0. The standard InChI is InChI=1S/C21H16Cl3NO2/c22-15-4-1-13(2-5-15)9-20(18-8-7-17(26)11-21(18)27)25-12-14-3-6-16(23)10-19(14)24/h1-8,10-11,26-27H,9,12H2. The molecule has 2 N–H and O–H groups in total.